The molecule has 5 nitrogen and oxygen atoms in total. The minimum Gasteiger partial charge on any atom is -0.331 e. The monoisotopic (exact) mass is 305 g/mol. The fourth-order valence-electron chi connectivity index (χ4n) is 2.77. The summed E-state index contributed by atoms with van der Waals surface area (Å²) in [5.74, 6) is 0.127. The number of benzene rings is 1. The quantitative estimate of drug-likeness (QED) is 0.647. The number of fused-ring (bicyclic) bond motifs is 1. The van der Waals surface area contributed by atoms with Crippen LogP contribution in [0.3, 0.4) is 0 Å². The Morgan fingerprint density at radius 3 is 2.81 bits per heavy atom. The number of hydrogen-bond donors (Lipinski definition) is 1. The first-order valence-corrected chi connectivity index (χ1v) is 8.23. The number of nitrogens with zero attached hydrogens (tertiary/aromatic N) is 2. The van der Waals surface area contributed by atoms with Crippen molar-refractivity contribution in [3.8, 4) is 0 Å². The van der Waals surface area contributed by atoms with Crippen molar-refractivity contribution >= 4 is 23.6 Å². The van der Waals surface area contributed by atoms with Gasteiger partial charge in [-0.05, 0) is 12.1 Å². The van der Waals surface area contributed by atoms with Crippen LogP contribution in [0.25, 0.3) is 0 Å². The van der Waals surface area contributed by atoms with E-state index < -0.39 is 0 Å². The summed E-state index contributed by atoms with van der Waals surface area (Å²) in [6.45, 7) is 3.46. The zero-order chi connectivity index (χ0) is 14.7. The third kappa shape index (κ3) is 3.22. The number of rotatable bonds is 4. The van der Waals surface area contributed by atoms with Crippen LogP contribution in [-0.2, 0) is 9.59 Å². The molecule has 0 spiro atoms. The lowest BCUT2D eigenvalue weighted by molar-refractivity contribution is -0.159. The molecule has 1 aromatic rings. The predicted octanol–water partition coefficient (Wildman–Crippen LogP) is 0.421. The Balaban J connectivity index is 1.55. The minimum atomic E-state index is -0.346. The van der Waals surface area contributed by atoms with Crippen molar-refractivity contribution in [1.29, 1.82) is 0 Å². The van der Waals surface area contributed by atoms with E-state index in [0.717, 1.165) is 18.8 Å². The van der Waals surface area contributed by atoms with Crippen molar-refractivity contribution in [1.82, 2.24) is 15.1 Å². The number of carbonyl (C=O) groups excluding carboxylic acids is 2. The van der Waals surface area contributed by atoms with Crippen LogP contribution in [0.1, 0.15) is 0 Å². The second-order valence-corrected chi connectivity index (χ2v) is 6.44. The van der Waals surface area contributed by atoms with Gasteiger partial charge in [0.05, 0.1) is 6.04 Å². The summed E-state index contributed by atoms with van der Waals surface area (Å²) in [5.41, 5.74) is 0. The van der Waals surface area contributed by atoms with Crippen LogP contribution in [0.4, 0.5) is 0 Å². The molecule has 1 N–H and O–H groups in total. The van der Waals surface area contributed by atoms with Gasteiger partial charge in [-0.1, -0.05) is 18.2 Å². The third-order valence-corrected chi connectivity index (χ3v) is 4.88. The lowest BCUT2D eigenvalue weighted by Gasteiger charge is -2.43. The Labute approximate surface area is 128 Å². The van der Waals surface area contributed by atoms with Crippen molar-refractivity contribution in [2.45, 2.75) is 10.9 Å². The summed E-state index contributed by atoms with van der Waals surface area (Å²) in [7, 11) is 0. The van der Waals surface area contributed by atoms with Gasteiger partial charge in [-0.2, -0.15) is 0 Å². The van der Waals surface area contributed by atoms with Gasteiger partial charge in [0, 0.05) is 43.4 Å². The molecule has 2 aliphatic rings. The van der Waals surface area contributed by atoms with E-state index in [1.54, 1.807) is 21.6 Å². The van der Waals surface area contributed by atoms with Gasteiger partial charge in [0.25, 0.3) is 0 Å². The van der Waals surface area contributed by atoms with Crippen LogP contribution in [0.5, 0.6) is 0 Å². The third-order valence-electron chi connectivity index (χ3n) is 3.89. The molecule has 0 aromatic heterocycles. The zero-order valence-electron chi connectivity index (χ0n) is 11.8. The Morgan fingerprint density at radius 1 is 1.19 bits per heavy atom. The number of carbonyl (C=O) groups is 2. The summed E-state index contributed by atoms with van der Waals surface area (Å²) in [6, 6.07) is 10.2. The molecule has 0 bridgehead atoms. The topological polar surface area (TPSA) is 52.7 Å². The number of thioether (sulfide) groups is 1. The van der Waals surface area contributed by atoms with Gasteiger partial charge < -0.3 is 15.1 Å². The largest absolute Gasteiger partial charge is 0.331 e. The number of amides is 2. The maximum atomic E-state index is 12.1. The van der Waals surface area contributed by atoms with Gasteiger partial charge >= 0.3 is 11.8 Å². The average Bonchev–Trinajstić information content (AvgIpc) is 2.53. The fourth-order valence-corrected chi connectivity index (χ4v) is 3.67. The van der Waals surface area contributed by atoms with Crippen LogP contribution < -0.4 is 5.32 Å². The average molecular weight is 305 g/mol. The molecule has 0 aliphatic carbocycles. The maximum absolute atomic E-state index is 12.1. The van der Waals surface area contributed by atoms with Crippen LogP contribution in [-0.4, -0.2) is 66.1 Å². The van der Waals surface area contributed by atoms with Crippen LogP contribution in [0.15, 0.2) is 35.2 Å². The normalized spacial score (nSPS) is 22.4. The Morgan fingerprint density at radius 2 is 2.00 bits per heavy atom. The Hall–Kier alpha value is -1.53. The molecule has 1 atom stereocenters. The molecule has 21 heavy (non-hydrogen) atoms. The highest BCUT2D eigenvalue weighted by atomic mass is 32.2. The van der Waals surface area contributed by atoms with E-state index in [0.29, 0.717) is 19.6 Å². The molecule has 2 heterocycles. The van der Waals surface area contributed by atoms with E-state index in [-0.39, 0.29) is 17.9 Å². The molecule has 2 fully saturated rings. The standard InChI is InChI=1S/C15H19N3O2S/c19-14-15(20)18-7-6-16-10-12(18)11-17(14)8-9-21-13-4-2-1-3-5-13/h1-5,12,16H,6-11H2. The molecule has 2 saturated heterocycles. The summed E-state index contributed by atoms with van der Waals surface area (Å²) in [4.78, 5) is 28.8. The van der Waals surface area contributed by atoms with Gasteiger partial charge in [0.2, 0.25) is 0 Å². The Kier molecular flexibility index (Phi) is 4.45. The van der Waals surface area contributed by atoms with Gasteiger partial charge in [-0.3, -0.25) is 9.59 Å². The van der Waals surface area contributed by atoms with E-state index in [1.165, 1.54) is 4.90 Å². The van der Waals surface area contributed by atoms with Crippen molar-refractivity contribution in [3.63, 3.8) is 0 Å². The molecule has 0 saturated carbocycles. The summed E-state index contributed by atoms with van der Waals surface area (Å²) in [6.07, 6.45) is 0. The molecule has 3 rings (SSSR count). The van der Waals surface area contributed by atoms with E-state index in [2.05, 4.69) is 17.4 Å². The summed E-state index contributed by atoms with van der Waals surface area (Å²) >= 11 is 1.71. The van der Waals surface area contributed by atoms with Crippen LogP contribution in [0, 0.1) is 0 Å². The van der Waals surface area contributed by atoms with E-state index in [1.807, 2.05) is 18.2 Å². The van der Waals surface area contributed by atoms with Gasteiger partial charge in [0.15, 0.2) is 0 Å². The van der Waals surface area contributed by atoms with Gasteiger partial charge in [-0.25, -0.2) is 0 Å². The zero-order valence-corrected chi connectivity index (χ0v) is 12.6. The van der Waals surface area contributed by atoms with E-state index in [9.17, 15) is 9.59 Å². The predicted molar refractivity (Wildman–Crippen MR) is 82.1 cm³/mol. The molecule has 0 radical (unpaired) electrons. The first kappa shape index (κ1) is 14.4. The molecule has 1 aromatic carbocycles. The highest BCUT2D eigenvalue weighted by Gasteiger charge is 2.39. The molecule has 1 unspecified atom stereocenters. The maximum Gasteiger partial charge on any atom is 0.312 e. The molecule has 112 valence electrons. The molecule has 2 aliphatic heterocycles. The Bertz CT molecular complexity index is 523. The number of piperazine rings is 2. The highest BCUT2D eigenvalue weighted by molar-refractivity contribution is 7.99. The SMILES string of the molecule is O=C1C(=O)N2CCNCC2CN1CCSc1ccccc1. The van der Waals surface area contributed by atoms with E-state index >= 15 is 0 Å². The highest BCUT2D eigenvalue weighted by Crippen LogP contribution is 2.19. The van der Waals surface area contributed by atoms with Gasteiger partial charge in [-0.15, -0.1) is 11.8 Å². The van der Waals surface area contributed by atoms with Crippen molar-refractivity contribution in [3.05, 3.63) is 30.3 Å². The minimum absolute atomic E-state index is 0.130. The number of nitrogens with one attached hydrogen (secondary N) is 1. The summed E-state index contributed by atoms with van der Waals surface area (Å²) in [5, 5.41) is 3.28. The molecule has 2 amide bonds. The van der Waals surface area contributed by atoms with Gasteiger partial charge in [0.1, 0.15) is 0 Å². The second-order valence-electron chi connectivity index (χ2n) is 5.27. The lowest BCUT2D eigenvalue weighted by Crippen LogP contribution is -2.65. The first-order chi connectivity index (χ1) is 10.3. The second kappa shape index (κ2) is 6.49. The smallest absolute Gasteiger partial charge is 0.312 e. The van der Waals surface area contributed by atoms with E-state index in [4.69, 9.17) is 0 Å². The van der Waals surface area contributed by atoms with Crippen LogP contribution in [0.2, 0.25) is 0 Å². The molecular weight excluding hydrogens is 286 g/mol. The number of hydrogen-bond acceptors (Lipinski definition) is 4. The fraction of sp³-hybridized carbons (Fsp3) is 0.467. The van der Waals surface area contributed by atoms with Crippen molar-refractivity contribution in [2.75, 3.05) is 38.5 Å². The molecular formula is C15H19N3O2S. The first-order valence-electron chi connectivity index (χ1n) is 7.24. The van der Waals surface area contributed by atoms with Crippen LogP contribution >= 0.6 is 11.8 Å². The molecule has 6 heteroatoms. The van der Waals surface area contributed by atoms with Crippen molar-refractivity contribution < 1.29 is 9.59 Å². The summed E-state index contributed by atoms with van der Waals surface area (Å²) < 4.78 is 0. The van der Waals surface area contributed by atoms with Crippen molar-refractivity contribution in [2.24, 2.45) is 0 Å². The lowest BCUT2D eigenvalue weighted by atomic mass is 10.1.